The number of ether oxygens (including phenoxy) is 1. The van der Waals surface area contributed by atoms with Gasteiger partial charge in [0.25, 0.3) is 5.91 Å². The maximum atomic E-state index is 12.5. The minimum Gasteiger partial charge on any atom is -0.490 e. The largest absolute Gasteiger partial charge is 0.490 e. The first-order valence-corrected chi connectivity index (χ1v) is 10.8. The number of nitrogens with one attached hydrogen (secondary N) is 1. The van der Waals surface area contributed by atoms with Crippen LogP contribution in [0.1, 0.15) is 55.6 Å². The van der Waals surface area contributed by atoms with Gasteiger partial charge in [-0.1, -0.05) is 17.7 Å². The van der Waals surface area contributed by atoms with Crippen LogP contribution in [0.2, 0.25) is 0 Å². The molecule has 0 radical (unpaired) electrons. The van der Waals surface area contributed by atoms with Gasteiger partial charge in [-0.25, -0.2) is 0 Å². The second-order valence-corrected chi connectivity index (χ2v) is 8.23. The second kappa shape index (κ2) is 10.9. The molecule has 1 aliphatic rings. The van der Waals surface area contributed by atoms with Gasteiger partial charge in [0.1, 0.15) is 11.9 Å². The molecule has 1 atom stereocenters. The molecule has 0 bridgehead atoms. The average Bonchev–Trinajstić information content (AvgIpc) is 2.77. The molecule has 30 heavy (non-hydrogen) atoms. The zero-order valence-electron chi connectivity index (χ0n) is 18.1. The fraction of sp³-hybridized carbons (Fsp3) is 0.440. The number of hydrogen-bond donors (Lipinski definition) is 1. The third kappa shape index (κ3) is 6.70. The van der Waals surface area contributed by atoms with E-state index < -0.39 is 0 Å². The standard InChI is InChI=1S/C25H33N3O2/c1-19(2)10-11-20(3)28-15-12-23(13-16-28)30-24-9-6-7-21(17-24)25(29)27-18-22-8-4-5-14-26-22/h4-9,14,17,20,23H,1,10-13,15-16,18H2,2-3H3,(H,27,29). The molecule has 1 aromatic heterocycles. The van der Waals surface area contributed by atoms with Crippen LogP contribution in [-0.2, 0) is 6.54 Å². The number of pyridine rings is 1. The summed E-state index contributed by atoms with van der Waals surface area (Å²) in [5.74, 6) is 0.640. The van der Waals surface area contributed by atoms with Crippen LogP contribution in [-0.4, -0.2) is 41.0 Å². The molecule has 1 aliphatic heterocycles. The van der Waals surface area contributed by atoms with Gasteiger partial charge in [-0.05, 0) is 69.9 Å². The summed E-state index contributed by atoms with van der Waals surface area (Å²) in [6.07, 6.45) is 6.19. The summed E-state index contributed by atoms with van der Waals surface area (Å²) in [6.45, 7) is 10.9. The number of carbonyl (C=O) groups is 1. The Morgan fingerprint density at radius 1 is 1.27 bits per heavy atom. The van der Waals surface area contributed by atoms with Crippen molar-refractivity contribution in [3.8, 4) is 5.75 Å². The van der Waals surface area contributed by atoms with Crippen molar-refractivity contribution in [3.63, 3.8) is 0 Å². The van der Waals surface area contributed by atoms with Crippen molar-refractivity contribution in [2.24, 2.45) is 0 Å². The lowest BCUT2D eigenvalue weighted by molar-refractivity contribution is 0.0773. The minimum atomic E-state index is -0.118. The molecule has 5 nitrogen and oxygen atoms in total. The van der Waals surface area contributed by atoms with Crippen LogP contribution in [0.5, 0.6) is 5.75 Å². The highest BCUT2D eigenvalue weighted by Crippen LogP contribution is 2.22. The maximum Gasteiger partial charge on any atom is 0.251 e. The highest BCUT2D eigenvalue weighted by atomic mass is 16.5. The van der Waals surface area contributed by atoms with Gasteiger partial charge in [-0.3, -0.25) is 9.78 Å². The van der Waals surface area contributed by atoms with Crippen LogP contribution >= 0.6 is 0 Å². The van der Waals surface area contributed by atoms with Gasteiger partial charge in [-0.2, -0.15) is 0 Å². The van der Waals surface area contributed by atoms with E-state index in [1.807, 2.05) is 42.5 Å². The molecule has 1 saturated heterocycles. The molecular formula is C25H33N3O2. The summed E-state index contributed by atoms with van der Waals surface area (Å²) in [5.41, 5.74) is 2.70. The molecule has 0 spiro atoms. The van der Waals surface area contributed by atoms with Crippen molar-refractivity contribution >= 4 is 5.91 Å². The van der Waals surface area contributed by atoms with E-state index in [4.69, 9.17) is 4.74 Å². The van der Waals surface area contributed by atoms with Crippen LogP contribution in [0.25, 0.3) is 0 Å². The monoisotopic (exact) mass is 407 g/mol. The summed E-state index contributed by atoms with van der Waals surface area (Å²) in [6, 6.07) is 13.7. The Kier molecular flexibility index (Phi) is 8.03. The number of nitrogens with zero attached hydrogens (tertiary/aromatic N) is 2. The first-order valence-electron chi connectivity index (χ1n) is 10.8. The summed E-state index contributed by atoms with van der Waals surface area (Å²) in [5, 5.41) is 2.91. The Balaban J connectivity index is 1.47. The number of hydrogen-bond acceptors (Lipinski definition) is 4. The van der Waals surface area contributed by atoms with Crippen LogP contribution in [0.15, 0.2) is 60.8 Å². The van der Waals surface area contributed by atoms with Gasteiger partial charge in [-0.15, -0.1) is 6.58 Å². The topological polar surface area (TPSA) is 54.5 Å². The van der Waals surface area contributed by atoms with Crippen molar-refractivity contribution < 1.29 is 9.53 Å². The Bertz CT molecular complexity index is 829. The van der Waals surface area contributed by atoms with Crippen molar-refractivity contribution in [2.45, 2.75) is 58.2 Å². The highest BCUT2D eigenvalue weighted by molar-refractivity contribution is 5.94. The van der Waals surface area contributed by atoms with Crippen molar-refractivity contribution in [1.82, 2.24) is 15.2 Å². The second-order valence-electron chi connectivity index (χ2n) is 8.23. The zero-order valence-corrected chi connectivity index (χ0v) is 18.1. The van der Waals surface area contributed by atoms with E-state index in [2.05, 4.69) is 35.6 Å². The molecule has 1 fully saturated rings. The SMILES string of the molecule is C=C(C)CCC(C)N1CCC(Oc2cccc(C(=O)NCc3ccccn3)c2)CC1. The Morgan fingerprint density at radius 2 is 2.07 bits per heavy atom. The van der Waals surface area contributed by atoms with Crippen LogP contribution in [0.4, 0.5) is 0 Å². The minimum absolute atomic E-state index is 0.118. The van der Waals surface area contributed by atoms with Crippen molar-refractivity contribution in [3.05, 3.63) is 72.1 Å². The Morgan fingerprint density at radius 3 is 2.77 bits per heavy atom. The summed E-state index contributed by atoms with van der Waals surface area (Å²) >= 11 is 0. The number of allylic oxidation sites excluding steroid dienone is 1. The summed E-state index contributed by atoms with van der Waals surface area (Å²) < 4.78 is 6.20. The lowest BCUT2D eigenvalue weighted by Gasteiger charge is -2.36. The van der Waals surface area contributed by atoms with Gasteiger partial charge < -0.3 is 15.0 Å². The van der Waals surface area contributed by atoms with E-state index in [9.17, 15) is 4.79 Å². The van der Waals surface area contributed by atoms with E-state index >= 15 is 0 Å². The molecule has 160 valence electrons. The molecule has 2 aromatic rings. The van der Waals surface area contributed by atoms with E-state index in [1.165, 1.54) is 5.57 Å². The molecule has 3 rings (SSSR count). The first kappa shape index (κ1) is 22.0. The molecule has 5 heteroatoms. The molecule has 1 aromatic carbocycles. The predicted octanol–water partition coefficient (Wildman–Crippen LogP) is 4.60. The van der Waals surface area contributed by atoms with Crippen molar-refractivity contribution in [2.75, 3.05) is 13.1 Å². The van der Waals surface area contributed by atoms with E-state index in [0.717, 1.165) is 50.2 Å². The fourth-order valence-corrected chi connectivity index (χ4v) is 3.75. The van der Waals surface area contributed by atoms with Gasteiger partial charge in [0.15, 0.2) is 0 Å². The van der Waals surface area contributed by atoms with Gasteiger partial charge in [0.2, 0.25) is 0 Å². The van der Waals surface area contributed by atoms with E-state index in [-0.39, 0.29) is 12.0 Å². The number of amides is 1. The van der Waals surface area contributed by atoms with Crippen molar-refractivity contribution in [1.29, 1.82) is 0 Å². The molecule has 2 heterocycles. The number of carbonyl (C=O) groups excluding carboxylic acids is 1. The molecule has 1 unspecified atom stereocenters. The van der Waals surface area contributed by atoms with Crippen LogP contribution in [0, 0.1) is 0 Å². The number of piperidine rings is 1. The predicted molar refractivity (Wildman–Crippen MR) is 121 cm³/mol. The molecule has 1 N–H and O–H groups in total. The third-order valence-corrected chi connectivity index (χ3v) is 5.64. The maximum absolute atomic E-state index is 12.5. The average molecular weight is 408 g/mol. The summed E-state index contributed by atoms with van der Waals surface area (Å²) in [4.78, 5) is 19.3. The van der Waals surface area contributed by atoms with E-state index in [1.54, 1.807) is 6.20 Å². The lowest BCUT2D eigenvalue weighted by Crippen LogP contribution is -2.43. The lowest BCUT2D eigenvalue weighted by atomic mass is 10.0. The van der Waals surface area contributed by atoms with Gasteiger partial charge in [0.05, 0.1) is 12.2 Å². The fourth-order valence-electron chi connectivity index (χ4n) is 3.75. The zero-order chi connectivity index (χ0) is 21.3. The summed E-state index contributed by atoms with van der Waals surface area (Å²) in [7, 11) is 0. The molecular weight excluding hydrogens is 374 g/mol. The third-order valence-electron chi connectivity index (χ3n) is 5.64. The first-order chi connectivity index (χ1) is 14.5. The molecule has 1 amide bonds. The Hall–Kier alpha value is -2.66. The van der Waals surface area contributed by atoms with Crippen LogP contribution < -0.4 is 10.1 Å². The number of benzene rings is 1. The smallest absolute Gasteiger partial charge is 0.251 e. The van der Waals surface area contributed by atoms with Gasteiger partial charge in [0, 0.05) is 30.9 Å². The van der Waals surface area contributed by atoms with Gasteiger partial charge >= 0.3 is 0 Å². The number of likely N-dealkylation sites (tertiary alicyclic amines) is 1. The Labute approximate surface area is 180 Å². The number of aromatic nitrogens is 1. The quantitative estimate of drug-likeness (QED) is 0.617. The molecule has 0 aliphatic carbocycles. The highest BCUT2D eigenvalue weighted by Gasteiger charge is 2.23. The normalized spacial score (nSPS) is 16.1. The van der Waals surface area contributed by atoms with Crippen LogP contribution in [0.3, 0.4) is 0 Å². The van der Waals surface area contributed by atoms with E-state index in [0.29, 0.717) is 18.2 Å². The number of rotatable bonds is 9. The molecule has 0 saturated carbocycles.